The number of rotatable bonds is 6. The van der Waals surface area contributed by atoms with Crippen LogP contribution in [-0.2, 0) is 14.4 Å². The predicted molar refractivity (Wildman–Crippen MR) is 91.2 cm³/mol. The third-order valence-corrected chi connectivity index (χ3v) is 4.43. The molecule has 1 aromatic rings. The summed E-state index contributed by atoms with van der Waals surface area (Å²) in [5, 5.41) is 8.97. The summed E-state index contributed by atoms with van der Waals surface area (Å²) in [6.07, 6.45) is 0.822. The number of carboxylic acid groups (broad SMARTS) is 1. The van der Waals surface area contributed by atoms with Crippen molar-refractivity contribution in [2.24, 2.45) is 5.92 Å². The molecule has 1 heterocycles. The summed E-state index contributed by atoms with van der Waals surface area (Å²) < 4.78 is 18.8. The van der Waals surface area contributed by atoms with Gasteiger partial charge in [0.15, 0.2) is 18.2 Å². The molecule has 142 valence electrons. The molecular weight excluding hydrogens is 343 g/mol. The van der Waals surface area contributed by atoms with Gasteiger partial charge in [-0.25, -0.2) is 4.39 Å². The molecule has 1 aliphatic heterocycles. The van der Waals surface area contributed by atoms with Crippen LogP contribution in [0.5, 0.6) is 5.75 Å². The molecule has 8 heteroatoms. The number of likely N-dealkylation sites (N-methyl/N-ethyl adjacent to an activating group) is 1. The highest BCUT2D eigenvalue weighted by molar-refractivity contribution is 5.85. The molecule has 0 atom stereocenters. The Morgan fingerprint density at radius 1 is 1.31 bits per heavy atom. The van der Waals surface area contributed by atoms with Crippen LogP contribution in [0.25, 0.3) is 0 Å². The van der Waals surface area contributed by atoms with Crippen molar-refractivity contribution in [1.29, 1.82) is 0 Å². The van der Waals surface area contributed by atoms with Crippen molar-refractivity contribution >= 4 is 17.8 Å². The number of hydrogen-bond acceptors (Lipinski definition) is 4. The van der Waals surface area contributed by atoms with Crippen molar-refractivity contribution in [3.63, 3.8) is 0 Å². The SMILES string of the molecule is Cc1ccc(F)c(OCC(=O)N(C)CC(=O)N2CCC(C(=O)O)CC2)c1. The number of carbonyl (C=O) groups excluding carboxylic acids is 2. The highest BCUT2D eigenvalue weighted by Crippen LogP contribution is 2.19. The zero-order valence-electron chi connectivity index (χ0n) is 14.9. The van der Waals surface area contributed by atoms with Gasteiger partial charge in [-0.3, -0.25) is 14.4 Å². The van der Waals surface area contributed by atoms with Gasteiger partial charge < -0.3 is 19.6 Å². The lowest BCUT2D eigenvalue weighted by Gasteiger charge is -2.31. The average molecular weight is 366 g/mol. The summed E-state index contributed by atoms with van der Waals surface area (Å²) in [5.41, 5.74) is 0.808. The molecule has 0 spiro atoms. The second-order valence-electron chi connectivity index (χ2n) is 6.47. The molecule has 0 radical (unpaired) electrons. The average Bonchev–Trinajstić information content (AvgIpc) is 2.62. The number of hydrogen-bond donors (Lipinski definition) is 1. The summed E-state index contributed by atoms with van der Waals surface area (Å²) in [6, 6.07) is 4.37. The van der Waals surface area contributed by atoms with Gasteiger partial charge in [-0.15, -0.1) is 0 Å². The van der Waals surface area contributed by atoms with Crippen LogP contribution in [0.1, 0.15) is 18.4 Å². The number of aryl methyl sites for hydroxylation is 1. The van der Waals surface area contributed by atoms with Crippen LogP contribution < -0.4 is 4.74 Å². The lowest BCUT2D eigenvalue weighted by Crippen LogP contribution is -2.46. The molecule has 1 saturated heterocycles. The van der Waals surface area contributed by atoms with Crippen LogP contribution in [0.4, 0.5) is 4.39 Å². The molecular formula is C18H23FN2O5. The molecule has 0 saturated carbocycles. The standard InChI is InChI=1S/C18H23FN2O5/c1-12-3-4-14(19)15(9-12)26-11-17(23)20(2)10-16(22)21-7-5-13(6-8-21)18(24)25/h3-4,9,13H,5-8,10-11H2,1-2H3,(H,24,25). The predicted octanol–water partition coefficient (Wildman–Crippen LogP) is 1.29. The summed E-state index contributed by atoms with van der Waals surface area (Å²) in [5.74, 6) is -2.51. The van der Waals surface area contributed by atoms with Gasteiger partial charge in [0.25, 0.3) is 5.91 Å². The van der Waals surface area contributed by atoms with E-state index in [-0.39, 0.29) is 24.8 Å². The van der Waals surface area contributed by atoms with E-state index in [0.717, 1.165) is 5.56 Å². The lowest BCUT2D eigenvalue weighted by atomic mass is 9.97. The number of carboxylic acids is 1. The largest absolute Gasteiger partial charge is 0.481 e. The van der Waals surface area contributed by atoms with Crippen molar-refractivity contribution < 1.29 is 28.6 Å². The molecule has 0 unspecified atom stereocenters. The van der Waals surface area contributed by atoms with Gasteiger partial charge >= 0.3 is 5.97 Å². The molecule has 0 aromatic heterocycles. The second-order valence-corrected chi connectivity index (χ2v) is 6.47. The van der Waals surface area contributed by atoms with Crippen molar-refractivity contribution in [1.82, 2.24) is 9.80 Å². The van der Waals surface area contributed by atoms with Crippen molar-refractivity contribution in [3.05, 3.63) is 29.6 Å². The van der Waals surface area contributed by atoms with E-state index >= 15 is 0 Å². The van der Waals surface area contributed by atoms with E-state index in [0.29, 0.717) is 25.9 Å². The molecule has 7 nitrogen and oxygen atoms in total. The molecule has 0 aliphatic carbocycles. The van der Waals surface area contributed by atoms with E-state index in [2.05, 4.69) is 0 Å². The number of amides is 2. The van der Waals surface area contributed by atoms with Crippen LogP contribution in [0.2, 0.25) is 0 Å². The van der Waals surface area contributed by atoms with Crippen molar-refractivity contribution in [2.75, 3.05) is 33.3 Å². The zero-order valence-corrected chi connectivity index (χ0v) is 14.9. The van der Waals surface area contributed by atoms with E-state index in [1.807, 2.05) is 0 Å². The van der Waals surface area contributed by atoms with Crippen LogP contribution in [0.3, 0.4) is 0 Å². The Balaban J connectivity index is 1.80. The number of nitrogens with zero attached hydrogens (tertiary/aromatic N) is 2. The summed E-state index contributed by atoms with van der Waals surface area (Å²) in [7, 11) is 1.47. The number of piperidine rings is 1. The first-order valence-corrected chi connectivity index (χ1v) is 8.41. The molecule has 1 aliphatic rings. The van der Waals surface area contributed by atoms with Gasteiger partial charge in [-0.05, 0) is 37.5 Å². The fraction of sp³-hybridized carbons (Fsp3) is 0.500. The summed E-state index contributed by atoms with van der Waals surface area (Å²) >= 11 is 0. The molecule has 1 fully saturated rings. The Hall–Kier alpha value is -2.64. The Labute approximate surface area is 151 Å². The van der Waals surface area contributed by atoms with Gasteiger partial charge in [-0.1, -0.05) is 6.07 Å². The maximum Gasteiger partial charge on any atom is 0.306 e. The third kappa shape index (κ3) is 5.18. The number of aliphatic carboxylic acids is 1. The number of benzene rings is 1. The first-order valence-electron chi connectivity index (χ1n) is 8.41. The van der Waals surface area contributed by atoms with Crippen LogP contribution in [-0.4, -0.2) is 66.0 Å². The third-order valence-electron chi connectivity index (χ3n) is 4.43. The Bertz CT molecular complexity index is 686. The lowest BCUT2D eigenvalue weighted by molar-refractivity contribution is -0.146. The van der Waals surface area contributed by atoms with Gasteiger partial charge in [0.2, 0.25) is 5.91 Å². The van der Waals surface area contributed by atoms with E-state index in [1.54, 1.807) is 17.9 Å². The highest BCUT2D eigenvalue weighted by atomic mass is 19.1. The molecule has 2 rings (SSSR count). The van der Waals surface area contributed by atoms with Crippen LogP contribution >= 0.6 is 0 Å². The monoisotopic (exact) mass is 366 g/mol. The van der Waals surface area contributed by atoms with Crippen LogP contribution in [0.15, 0.2) is 18.2 Å². The fourth-order valence-electron chi connectivity index (χ4n) is 2.74. The second kappa shape index (κ2) is 8.64. The van der Waals surface area contributed by atoms with E-state index in [4.69, 9.17) is 9.84 Å². The maximum absolute atomic E-state index is 13.6. The fourth-order valence-corrected chi connectivity index (χ4v) is 2.74. The first-order chi connectivity index (χ1) is 12.3. The number of likely N-dealkylation sites (tertiary alicyclic amines) is 1. The Kier molecular flexibility index (Phi) is 6.54. The first kappa shape index (κ1) is 19.7. The molecule has 1 N–H and O–H groups in total. The Morgan fingerprint density at radius 3 is 2.58 bits per heavy atom. The van der Waals surface area contributed by atoms with Crippen molar-refractivity contribution in [2.45, 2.75) is 19.8 Å². The normalized spacial score (nSPS) is 14.8. The quantitative estimate of drug-likeness (QED) is 0.820. The highest BCUT2D eigenvalue weighted by Gasteiger charge is 2.27. The minimum atomic E-state index is -0.843. The van der Waals surface area contributed by atoms with Gasteiger partial charge in [0.05, 0.1) is 12.5 Å². The number of ether oxygens (including phenoxy) is 1. The molecule has 2 amide bonds. The minimum absolute atomic E-state index is 0.00572. The topological polar surface area (TPSA) is 87.2 Å². The van der Waals surface area contributed by atoms with E-state index in [9.17, 15) is 18.8 Å². The van der Waals surface area contributed by atoms with E-state index < -0.39 is 23.6 Å². The van der Waals surface area contributed by atoms with Crippen LogP contribution in [0, 0.1) is 18.7 Å². The molecule has 26 heavy (non-hydrogen) atoms. The summed E-state index contributed by atoms with van der Waals surface area (Å²) in [6.45, 7) is 2.01. The number of halogens is 1. The molecule has 1 aromatic carbocycles. The summed E-state index contributed by atoms with van der Waals surface area (Å²) in [4.78, 5) is 38.1. The zero-order chi connectivity index (χ0) is 19.3. The van der Waals surface area contributed by atoms with Gasteiger partial charge in [-0.2, -0.15) is 0 Å². The smallest absolute Gasteiger partial charge is 0.306 e. The molecule has 0 bridgehead atoms. The maximum atomic E-state index is 13.6. The van der Waals surface area contributed by atoms with E-state index in [1.165, 1.54) is 24.1 Å². The van der Waals surface area contributed by atoms with Gasteiger partial charge in [0, 0.05) is 20.1 Å². The van der Waals surface area contributed by atoms with Gasteiger partial charge in [0.1, 0.15) is 0 Å². The van der Waals surface area contributed by atoms with Crippen molar-refractivity contribution in [3.8, 4) is 5.75 Å². The Morgan fingerprint density at radius 2 is 1.96 bits per heavy atom. The number of carbonyl (C=O) groups is 3. The minimum Gasteiger partial charge on any atom is -0.481 e.